The Hall–Kier alpha value is -0.980. The summed E-state index contributed by atoms with van der Waals surface area (Å²) >= 11 is 5.00. The zero-order valence-electron chi connectivity index (χ0n) is 11.9. The number of rotatable bonds is 2. The van der Waals surface area contributed by atoms with Crippen LogP contribution in [0.3, 0.4) is 0 Å². The number of carbonyl (C=O) groups excluding carboxylic acids is 1. The van der Waals surface area contributed by atoms with Gasteiger partial charge in [-0.2, -0.15) is 0 Å². The highest BCUT2D eigenvalue weighted by atomic mass is 79.9. The van der Waals surface area contributed by atoms with Crippen molar-refractivity contribution in [1.29, 1.82) is 0 Å². The summed E-state index contributed by atoms with van der Waals surface area (Å²) in [5, 5.41) is 1.06. The van der Waals surface area contributed by atoms with Crippen molar-refractivity contribution < 1.29 is 4.79 Å². The van der Waals surface area contributed by atoms with Crippen molar-refractivity contribution in [1.82, 2.24) is 9.88 Å². The summed E-state index contributed by atoms with van der Waals surface area (Å²) in [5.74, 6) is 0.668. The second kappa shape index (κ2) is 6.02. The fourth-order valence-corrected chi connectivity index (χ4v) is 4.42. The predicted octanol–water partition coefficient (Wildman–Crippen LogP) is 3.26. The molecule has 0 unspecified atom stereocenters. The number of amides is 1. The second-order valence-electron chi connectivity index (χ2n) is 5.63. The summed E-state index contributed by atoms with van der Waals surface area (Å²) in [6.07, 6.45) is 5.57. The molecular formula is C15H18BrN3OS. The number of hydrogen-bond donors (Lipinski definition) is 1. The van der Waals surface area contributed by atoms with Crippen molar-refractivity contribution in [2.75, 3.05) is 13.1 Å². The lowest BCUT2D eigenvalue weighted by atomic mass is 9.91. The minimum Gasteiger partial charge on any atom is -0.338 e. The summed E-state index contributed by atoms with van der Waals surface area (Å²) in [4.78, 5) is 19.5. The van der Waals surface area contributed by atoms with Gasteiger partial charge in [0.05, 0.1) is 9.58 Å². The van der Waals surface area contributed by atoms with E-state index in [9.17, 15) is 4.79 Å². The number of likely N-dealkylation sites (tertiary alicyclic amines) is 1. The molecule has 0 saturated carbocycles. The Morgan fingerprint density at radius 3 is 2.81 bits per heavy atom. The van der Waals surface area contributed by atoms with E-state index in [0.29, 0.717) is 5.92 Å². The van der Waals surface area contributed by atoms with Crippen LogP contribution in [0.1, 0.15) is 29.4 Å². The van der Waals surface area contributed by atoms with Gasteiger partial charge in [-0.05, 0) is 47.7 Å². The van der Waals surface area contributed by atoms with Crippen LogP contribution >= 0.6 is 27.3 Å². The van der Waals surface area contributed by atoms with Crippen LogP contribution < -0.4 is 5.73 Å². The average Bonchev–Trinajstić information content (AvgIpc) is 2.92. The molecule has 0 aliphatic carbocycles. The normalized spacial score (nSPS) is 18.1. The average molecular weight is 368 g/mol. The third kappa shape index (κ3) is 2.98. The van der Waals surface area contributed by atoms with E-state index >= 15 is 0 Å². The summed E-state index contributed by atoms with van der Waals surface area (Å²) in [5.41, 5.74) is 5.95. The minimum absolute atomic E-state index is 0.131. The quantitative estimate of drug-likeness (QED) is 0.885. The molecule has 0 spiro atoms. The van der Waals surface area contributed by atoms with Gasteiger partial charge in [-0.1, -0.05) is 0 Å². The molecule has 3 heterocycles. The highest BCUT2D eigenvalue weighted by Crippen LogP contribution is 2.31. The highest BCUT2D eigenvalue weighted by Gasteiger charge is 2.26. The molecule has 112 valence electrons. The van der Waals surface area contributed by atoms with Gasteiger partial charge in [0.2, 0.25) is 0 Å². The van der Waals surface area contributed by atoms with Crippen LogP contribution in [0.5, 0.6) is 0 Å². The lowest BCUT2D eigenvalue weighted by Crippen LogP contribution is -2.42. The van der Waals surface area contributed by atoms with Crippen molar-refractivity contribution in [3.8, 4) is 0 Å². The number of thiophene rings is 1. The maximum absolute atomic E-state index is 12.6. The number of nitrogens with two attached hydrogens (primary N) is 1. The Morgan fingerprint density at radius 2 is 2.19 bits per heavy atom. The number of aromatic nitrogens is 1. The summed E-state index contributed by atoms with van der Waals surface area (Å²) in [6, 6.07) is 2.18. The van der Waals surface area contributed by atoms with Crippen LogP contribution in [-0.2, 0) is 0 Å². The van der Waals surface area contributed by atoms with E-state index in [0.717, 1.165) is 45.4 Å². The largest absolute Gasteiger partial charge is 0.338 e. The van der Waals surface area contributed by atoms with E-state index in [-0.39, 0.29) is 11.9 Å². The molecule has 0 radical (unpaired) electrons. The molecule has 6 heteroatoms. The smallest absolute Gasteiger partial charge is 0.263 e. The van der Waals surface area contributed by atoms with Crippen molar-refractivity contribution in [2.24, 2.45) is 11.7 Å². The van der Waals surface area contributed by atoms with Gasteiger partial charge in [0, 0.05) is 41.4 Å². The fourth-order valence-electron chi connectivity index (χ4n) is 2.82. The summed E-state index contributed by atoms with van der Waals surface area (Å²) in [6.45, 7) is 3.66. The number of pyridine rings is 1. The second-order valence-corrected chi connectivity index (χ2v) is 7.57. The highest BCUT2D eigenvalue weighted by molar-refractivity contribution is 9.10. The molecule has 2 N–H and O–H groups in total. The van der Waals surface area contributed by atoms with Gasteiger partial charge < -0.3 is 10.6 Å². The first-order valence-corrected chi connectivity index (χ1v) is 8.75. The minimum atomic E-state index is 0.131. The Morgan fingerprint density at radius 1 is 1.48 bits per heavy atom. The van der Waals surface area contributed by atoms with Crippen molar-refractivity contribution >= 4 is 43.3 Å². The van der Waals surface area contributed by atoms with E-state index in [1.54, 1.807) is 6.20 Å². The Kier molecular flexibility index (Phi) is 4.28. The van der Waals surface area contributed by atoms with Crippen molar-refractivity contribution in [2.45, 2.75) is 25.8 Å². The van der Waals surface area contributed by atoms with Gasteiger partial charge in [0.15, 0.2) is 0 Å². The van der Waals surface area contributed by atoms with E-state index < -0.39 is 0 Å². The van der Waals surface area contributed by atoms with E-state index in [1.807, 2.05) is 17.2 Å². The molecule has 0 aromatic carbocycles. The van der Waals surface area contributed by atoms with E-state index in [1.165, 1.54) is 11.3 Å². The van der Waals surface area contributed by atoms with Gasteiger partial charge in [0.25, 0.3) is 5.91 Å². The van der Waals surface area contributed by atoms with Crippen LogP contribution in [0.2, 0.25) is 0 Å². The first-order valence-electron chi connectivity index (χ1n) is 7.14. The van der Waals surface area contributed by atoms with E-state index in [2.05, 4.69) is 27.8 Å². The molecule has 21 heavy (non-hydrogen) atoms. The van der Waals surface area contributed by atoms with Crippen molar-refractivity contribution in [3.63, 3.8) is 0 Å². The maximum atomic E-state index is 12.6. The Bertz CT molecular complexity index is 662. The molecule has 3 rings (SSSR count). The first-order chi connectivity index (χ1) is 10.1. The van der Waals surface area contributed by atoms with Gasteiger partial charge in [-0.25, -0.2) is 0 Å². The van der Waals surface area contributed by atoms with Gasteiger partial charge in [-0.15, -0.1) is 11.3 Å². The summed E-state index contributed by atoms with van der Waals surface area (Å²) < 4.78 is 1.98. The zero-order chi connectivity index (χ0) is 15.0. The molecule has 1 aliphatic heterocycles. The fraction of sp³-hybridized carbons (Fsp3) is 0.467. The molecule has 1 saturated heterocycles. The molecule has 1 atom stereocenters. The monoisotopic (exact) mass is 367 g/mol. The molecule has 1 amide bonds. The third-order valence-corrected chi connectivity index (χ3v) is 5.87. The van der Waals surface area contributed by atoms with Crippen LogP contribution in [0.4, 0.5) is 0 Å². The third-order valence-electron chi connectivity index (χ3n) is 4.18. The van der Waals surface area contributed by atoms with Crippen molar-refractivity contribution in [3.05, 3.63) is 27.8 Å². The van der Waals surface area contributed by atoms with Gasteiger partial charge in [-0.3, -0.25) is 9.78 Å². The topological polar surface area (TPSA) is 59.2 Å². The zero-order valence-corrected chi connectivity index (χ0v) is 14.3. The van der Waals surface area contributed by atoms with Crippen LogP contribution in [0.25, 0.3) is 10.1 Å². The van der Waals surface area contributed by atoms with Crippen LogP contribution in [0, 0.1) is 5.92 Å². The lowest BCUT2D eigenvalue weighted by molar-refractivity contribution is 0.0686. The number of halogens is 1. The number of carbonyl (C=O) groups is 1. The maximum Gasteiger partial charge on any atom is 0.263 e. The van der Waals surface area contributed by atoms with E-state index in [4.69, 9.17) is 5.73 Å². The van der Waals surface area contributed by atoms with Gasteiger partial charge >= 0.3 is 0 Å². The lowest BCUT2D eigenvalue weighted by Gasteiger charge is -2.33. The molecule has 2 aromatic heterocycles. The molecule has 4 nitrogen and oxygen atoms in total. The Labute approximate surface area is 136 Å². The number of nitrogens with zero attached hydrogens (tertiary/aromatic N) is 2. The SMILES string of the molecule is C[C@H](N)C1CCN(C(=O)c2cc3c(Br)cncc3s2)CC1. The predicted molar refractivity (Wildman–Crippen MR) is 89.6 cm³/mol. The summed E-state index contributed by atoms with van der Waals surface area (Å²) in [7, 11) is 0. The number of hydrogen-bond acceptors (Lipinski definition) is 4. The molecule has 0 bridgehead atoms. The Balaban J connectivity index is 1.77. The first kappa shape index (κ1) is 14.9. The molecular weight excluding hydrogens is 350 g/mol. The molecule has 2 aromatic rings. The van der Waals surface area contributed by atoms with Crippen LogP contribution in [-0.4, -0.2) is 34.9 Å². The standard InChI is InChI=1S/C15H18BrN3OS/c1-9(17)10-2-4-19(5-3-10)15(20)13-6-11-12(16)7-18-8-14(11)21-13/h6-10H,2-5,17H2,1H3/t9-/m0/s1. The molecule has 1 aliphatic rings. The van der Waals surface area contributed by atoms with Gasteiger partial charge in [0.1, 0.15) is 0 Å². The van der Waals surface area contributed by atoms with Crippen LogP contribution in [0.15, 0.2) is 22.9 Å². The number of piperidine rings is 1. The molecule has 1 fully saturated rings. The number of fused-ring (bicyclic) bond motifs is 1.